The molecule has 0 radical (unpaired) electrons. The number of ether oxygens (including phenoxy) is 1. The molecule has 0 aliphatic carbocycles. The summed E-state index contributed by atoms with van der Waals surface area (Å²) in [5, 5.41) is 11.1. The first-order chi connectivity index (χ1) is 14.6. The molecule has 0 saturated heterocycles. The van der Waals surface area contributed by atoms with Gasteiger partial charge in [0.25, 0.3) is 0 Å². The molecule has 4 rings (SSSR count). The SMILES string of the molecule is COc1ccc(C=NNc2nc(-c3ccccc3)cs2)cc1Cc1c(C)noc1C. The molecule has 0 unspecified atom stereocenters. The van der Waals surface area contributed by atoms with Gasteiger partial charge in [-0.25, -0.2) is 4.98 Å². The molecule has 0 fully saturated rings. The Labute approximate surface area is 179 Å². The van der Waals surface area contributed by atoms with E-state index in [1.165, 1.54) is 11.3 Å². The van der Waals surface area contributed by atoms with Crippen LogP contribution in [0.4, 0.5) is 5.13 Å². The Morgan fingerprint density at radius 2 is 2.00 bits per heavy atom. The van der Waals surface area contributed by atoms with E-state index in [1.807, 2.05) is 61.7 Å². The number of nitrogens with zero attached hydrogens (tertiary/aromatic N) is 3. The minimum atomic E-state index is 0.687. The standard InChI is InChI=1S/C23H22N4O2S/c1-15-20(16(2)29-27-15)12-19-11-17(9-10-22(19)28-3)13-24-26-23-25-21(14-30-23)18-7-5-4-6-8-18/h4-11,13-14H,12H2,1-3H3,(H,25,26). The van der Waals surface area contributed by atoms with Crippen LogP contribution in [0, 0.1) is 13.8 Å². The fourth-order valence-electron chi connectivity index (χ4n) is 3.19. The Balaban J connectivity index is 1.48. The molecule has 0 amide bonds. The number of benzene rings is 2. The van der Waals surface area contributed by atoms with Gasteiger partial charge in [-0.2, -0.15) is 5.10 Å². The number of hydrogen-bond acceptors (Lipinski definition) is 7. The molecule has 0 aliphatic heterocycles. The minimum absolute atomic E-state index is 0.687. The minimum Gasteiger partial charge on any atom is -0.496 e. The number of aromatic nitrogens is 2. The molecule has 2 aromatic carbocycles. The maximum absolute atomic E-state index is 5.53. The van der Waals surface area contributed by atoms with E-state index < -0.39 is 0 Å². The Hall–Kier alpha value is -3.45. The lowest BCUT2D eigenvalue weighted by Crippen LogP contribution is -1.98. The summed E-state index contributed by atoms with van der Waals surface area (Å²) in [6.07, 6.45) is 2.46. The lowest BCUT2D eigenvalue weighted by atomic mass is 10.0. The first kappa shape index (κ1) is 19.8. The second-order valence-electron chi connectivity index (χ2n) is 6.82. The van der Waals surface area contributed by atoms with Gasteiger partial charge in [0.15, 0.2) is 0 Å². The molecule has 2 aromatic heterocycles. The van der Waals surface area contributed by atoms with E-state index in [-0.39, 0.29) is 0 Å². The molecule has 0 bridgehead atoms. The molecule has 30 heavy (non-hydrogen) atoms. The highest BCUT2D eigenvalue weighted by molar-refractivity contribution is 7.14. The van der Waals surface area contributed by atoms with Crippen molar-refractivity contribution in [2.24, 2.45) is 5.10 Å². The highest BCUT2D eigenvalue weighted by Crippen LogP contribution is 2.26. The average molecular weight is 419 g/mol. The summed E-state index contributed by atoms with van der Waals surface area (Å²) < 4.78 is 10.8. The lowest BCUT2D eigenvalue weighted by Gasteiger charge is -2.09. The van der Waals surface area contributed by atoms with Gasteiger partial charge in [0, 0.05) is 22.9 Å². The molecule has 7 heteroatoms. The third kappa shape index (κ3) is 4.41. The average Bonchev–Trinajstić information content (AvgIpc) is 3.37. The first-order valence-corrected chi connectivity index (χ1v) is 10.4. The number of thiazole rings is 1. The van der Waals surface area contributed by atoms with Crippen LogP contribution in [0.3, 0.4) is 0 Å². The number of aryl methyl sites for hydroxylation is 2. The third-order valence-electron chi connectivity index (χ3n) is 4.80. The maximum Gasteiger partial charge on any atom is 0.203 e. The quantitative estimate of drug-likeness (QED) is 0.319. The predicted octanol–water partition coefficient (Wildman–Crippen LogP) is 5.46. The monoisotopic (exact) mass is 418 g/mol. The molecular weight excluding hydrogens is 396 g/mol. The summed E-state index contributed by atoms with van der Waals surface area (Å²) in [5.74, 6) is 1.65. The van der Waals surface area contributed by atoms with Crippen LogP contribution in [0.1, 0.15) is 28.1 Å². The van der Waals surface area contributed by atoms with Gasteiger partial charge in [-0.05, 0) is 43.2 Å². The van der Waals surface area contributed by atoms with E-state index in [2.05, 4.69) is 26.7 Å². The van der Waals surface area contributed by atoms with Gasteiger partial charge in [0.05, 0.1) is 24.7 Å². The number of rotatable bonds is 7. The molecule has 0 spiro atoms. The van der Waals surface area contributed by atoms with Gasteiger partial charge in [-0.3, -0.25) is 5.43 Å². The van der Waals surface area contributed by atoms with Crippen LogP contribution in [0.25, 0.3) is 11.3 Å². The summed E-state index contributed by atoms with van der Waals surface area (Å²) in [6.45, 7) is 3.88. The summed E-state index contributed by atoms with van der Waals surface area (Å²) in [6, 6.07) is 16.1. The fraction of sp³-hybridized carbons (Fsp3) is 0.174. The van der Waals surface area contributed by atoms with Crippen molar-refractivity contribution in [1.29, 1.82) is 0 Å². The zero-order chi connectivity index (χ0) is 20.9. The fourth-order valence-corrected chi connectivity index (χ4v) is 3.86. The van der Waals surface area contributed by atoms with Crippen LogP contribution >= 0.6 is 11.3 Å². The van der Waals surface area contributed by atoms with Crippen molar-refractivity contribution in [3.05, 3.63) is 82.1 Å². The van der Waals surface area contributed by atoms with Crippen LogP contribution in [0.5, 0.6) is 5.75 Å². The Morgan fingerprint density at radius 3 is 2.73 bits per heavy atom. The van der Waals surface area contributed by atoms with E-state index in [4.69, 9.17) is 9.26 Å². The number of hydrazone groups is 1. The molecule has 0 atom stereocenters. The van der Waals surface area contributed by atoms with E-state index >= 15 is 0 Å². The Morgan fingerprint density at radius 1 is 1.17 bits per heavy atom. The van der Waals surface area contributed by atoms with Crippen LogP contribution in [-0.4, -0.2) is 23.5 Å². The van der Waals surface area contributed by atoms with Gasteiger partial charge < -0.3 is 9.26 Å². The molecule has 1 N–H and O–H groups in total. The van der Waals surface area contributed by atoms with Crippen molar-refractivity contribution in [2.45, 2.75) is 20.3 Å². The second kappa shape index (κ2) is 8.92. The number of methoxy groups -OCH3 is 1. The summed E-state index contributed by atoms with van der Waals surface area (Å²) >= 11 is 1.52. The largest absolute Gasteiger partial charge is 0.496 e. The highest BCUT2D eigenvalue weighted by atomic mass is 32.1. The van der Waals surface area contributed by atoms with E-state index in [9.17, 15) is 0 Å². The van der Waals surface area contributed by atoms with Gasteiger partial charge in [0.2, 0.25) is 5.13 Å². The number of nitrogens with one attached hydrogen (secondary N) is 1. The van der Waals surface area contributed by atoms with Crippen molar-refractivity contribution in [2.75, 3.05) is 12.5 Å². The molecule has 4 aromatic rings. The summed E-state index contributed by atoms with van der Waals surface area (Å²) in [7, 11) is 1.67. The predicted molar refractivity (Wildman–Crippen MR) is 121 cm³/mol. The molecule has 0 aliphatic rings. The van der Waals surface area contributed by atoms with Crippen LogP contribution in [0.15, 0.2) is 63.5 Å². The van der Waals surface area contributed by atoms with Crippen LogP contribution in [0.2, 0.25) is 0 Å². The molecular formula is C23H22N4O2S. The van der Waals surface area contributed by atoms with Gasteiger partial charge in [-0.1, -0.05) is 35.5 Å². The maximum atomic E-state index is 5.53. The lowest BCUT2D eigenvalue weighted by molar-refractivity contribution is 0.392. The zero-order valence-electron chi connectivity index (χ0n) is 17.0. The molecule has 6 nitrogen and oxygen atoms in total. The van der Waals surface area contributed by atoms with Gasteiger partial charge in [-0.15, -0.1) is 11.3 Å². The van der Waals surface area contributed by atoms with E-state index in [1.54, 1.807) is 13.3 Å². The second-order valence-corrected chi connectivity index (χ2v) is 7.68. The van der Waals surface area contributed by atoms with Crippen LogP contribution < -0.4 is 10.2 Å². The molecule has 0 saturated carbocycles. The third-order valence-corrected chi connectivity index (χ3v) is 5.55. The Kier molecular flexibility index (Phi) is 5.90. The number of hydrogen-bond donors (Lipinski definition) is 1. The van der Waals surface area contributed by atoms with Crippen molar-refractivity contribution < 1.29 is 9.26 Å². The zero-order valence-corrected chi connectivity index (χ0v) is 17.9. The molecule has 2 heterocycles. The normalized spacial score (nSPS) is 11.2. The van der Waals surface area contributed by atoms with E-state index in [0.717, 1.165) is 50.3 Å². The van der Waals surface area contributed by atoms with Crippen molar-refractivity contribution >= 4 is 22.7 Å². The highest BCUT2D eigenvalue weighted by Gasteiger charge is 2.13. The first-order valence-electron chi connectivity index (χ1n) is 9.52. The van der Waals surface area contributed by atoms with Crippen LogP contribution in [-0.2, 0) is 6.42 Å². The van der Waals surface area contributed by atoms with Crippen molar-refractivity contribution in [1.82, 2.24) is 10.1 Å². The molecule has 152 valence electrons. The summed E-state index contributed by atoms with van der Waals surface area (Å²) in [5.41, 5.74) is 9.03. The van der Waals surface area contributed by atoms with Gasteiger partial charge in [0.1, 0.15) is 11.5 Å². The van der Waals surface area contributed by atoms with Crippen molar-refractivity contribution in [3.63, 3.8) is 0 Å². The van der Waals surface area contributed by atoms with Crippen molar-refractivity contribution in [3.8, 4) is 17.0 Å². The number of anilines is 1. The van der Waals surface area contributed by atoms with E-state index in [0.29, 0.717) is 6.42 Å². The topological polar surface area (TPSA) is 72.5 Å². The smallest absolute Gasteiger partial charge is 0.203 e. The Bertz CT molecular complexity index is 1150. The summed E-state index contributed by atoms with van der Waals surface area (Å²) in [4.78, 5) is 4.58. The van der Waals surface area contributed by atoms with Gasteiger partial charge >= 0.3 is 0 Å².